The minimum atomic E-state index is -0.290. The van der Waals surface area contributed by atoms with Gasteiger partial charge in [-0.2, -0.15) is 5.26 Å². The largest absolute Gasteiger partial charge is 0.339 e. The zero-order valence-corrected chi connectivity index (χ0v) is 14.9. The van der Waals surface area contributed by atoms with Crippen molar-refractivity contribution in [3.8, 4) is 6.07 Å². The second-order valence-electron chi connectivity index (χ2n) is 5.61. The molecule has 0 aliphatic rings. The van der Waals surface area contributed by atoms with Gasteiger partial charge in [0.2, 0.25) is 5.91 Å². The van der Waals surface area contributed by atoms with Crippen LogP contribution in [0.1, 0.15) is 35.3 Å². The molecule has 26 heavy (non-hydrogen) atoms. The van der Waals surface area contributed by atoms with E-state index in [-0.39, 0.29) is 11.8 Å². The fourth-order valence-corrected chi connectivity index (χ4v) is 2.45. The topological polar surface area (TPSA) is 73.2 Å². The van der Waals surface area contributed by atoms with Gasteiger partial charge in [-0.1, -0.05) is 18.2 Å². The lowest BCUT2D eigenvalue weighted by Crippen LogP contribution is -2.30. The Balaban J connectivity index is 2.04. The van der Waals surface area contributed by atoms with E-state index in [0.29, 0.717) is 29.9 Å². The summed E-state index contributed by atoms with van der Waals surface area (Å²) in [5.41, 5.74) is 2.51. The van der Waals surface area contributed by atoms with Crippen LogP contribution in [0.25, 0.3) is 6.08 Å². The summed E-state index contributed by atoms with van der Waals surface area (Å²) in [5.74, 6) is -0.346. The quantitative estimate of drug-likeness (QED) is 0.810. The number of rotatable bonds is 6. The lowest BCUT2D eigenvalue weighted by atomic mass is 10.1. The Bertz CT molecular complexity index is 844. The molecule has 0 aromatic heterocycles. The average Bonchev–Trinajstić information content (AvgIpc) is 2.68. The van der Waals surface area contributed by atoms with Crippen LogP contribution in [0.3, 0.4) is 0 Å². The number of benzene rings is 2. The Kier molecular flexibility index (Phi) is 6.69. The number of nitrogens with one attached hydrogen (secondary N) is 1. The SMILES string of the molecule is CCN(CC)C(=O)c1cccc(NC(=O)/C=C/c2ccc(C#N)cc2)c1. The van der Waals surface area contributed by atoms with Crippen LogP contribution in [0.2, 0.25) is 0 Å². The molecule has 0 atom stereocenters. The molecule has 5 heteroatoms. The first-order valence-electron chi connectivity index (χ1n) is 8.46. The van der Waals surface area contributed by atoms with E-state index in [1.54, 1.807) is 59.5 Å². The molecule has 1 N–H and O–H groups in total. The lowest BCUT2D eigenvalue weighted by molar-refractivity contribution is -0.111. The van der Waals surface area contributed by atoms with Gasteiger partial charge in [0.15, 0.2) is 0 Å². The molecule has 0 aliphatic carbocycles. The molecule has 0 radical (unpaired) electrons. The molecule has 2 amide bonds. The van der Waals surface area contributed by atoms with Gasteiger partial charge in [0.1, 0.15) is 0 Å². The van der Waals surface area contributed by atoms with Gasteiger partial charge in [-0.15, -0.1) is 0 Å². The van der Waals surface area contributed by atoms with Crippen LogP contribution in [0.5, 0.6) is 0 Å². The van der Waals surface area contributed by atoms with Gasteiger partial charge in [0.05, 0.1) is 11.6 Å². The van der Waals surface area contributed by atoms with Crippen molar-refractivity contribution in [1.29, 1.82) is 5.26 Å². The molecule has 5 nitrogen and oxygen atoms in total. The number of hydrogen-bond donors (Lipinski definition) is 1. The number of nitrogens with zero attached hydrogens (tertiary/aromatic N) is 2. The molecular weight excluding hydrogens is 326 g/mol. The summed E-state index contributed by atoms with van der Waals surface area (Å²) in [6, 6.07) is 15.9. The van der Waals surface area contributed by atoms with E-state index in [4.69, 9.17) is 5.26 Å². The summed E-state index contributed by atoms with van der Waals surface area (Å²) in [6.07, 6.45) is 3.08. The molecule has 0 heterocycles. The van der Waals surface area contributed by atoms with Crippen molar-refractivity contribution in [1.82, 2.24) is 4.90 Å². The Labute approximate surface area is 153 Å². The predicted molar refractivity (Wildman–Crippen MR) is 103 cm³/mol. The smallest absolute Gasteiger partial charge is 0.253 e. The summed E-state index contributed by atoms with van der Waals surface area (Å²) in [5, 5.41) is 11.5. The highest BCUT2D eigenvalue weighted by Gasteiger charge is 2.12. The number of amides is 2. The van der Waals surface area contributed by atoms with Crippen LogP contribution in [0.4, 0.5) is 5.69 Å². The molecule has 0 spiro atoms. The highest BCUT2D eigenvalue weighted by Crippen LogP contribution is 2.13. The van der Waals surface area contributed by atoms with Crippen molar-refractivity contribution < 1.29 is 9.59 Å². The summed E-state index contributed by atoms with van der Waals surface area (Å²) in [6.45, 7) is 5.14. The Morgan fingerprint density at radius 3 is 2.42 bits per heavy atom. The summed E-state index contributed by atoms with van der Waals surface area (Å²) < 4.78 is 0. The highest BCUT2D eigenvalue weighted by atomic mass is 16.2. The average molecular weight is 347 g/mol. The summed E-state index contributed by atoms with van der Waals surface area (Å²) in [7, 11) is 0. The van der Waals surface area contributed by atoms with Crippen molar-refractivity contribution >= 4 is 23.6 Å². The van der Waals surface area contributed by atoms with Crippen LogP contribution < -0.4 is 5.32 Å². The maximum Gasteiger partial charge on any atom is 0.253 e. The van der Waals surface area contributed by atoms with Crippen LogP contribution in [0, 0.1) is 11.3 Å². The summed E-state index contributed by atoms with van der Waals surface area (Å²) >= 11 is 0. The Morgan fingerprint density at radius 1 is 1.12 bits per heavy atom. The number of carbonyl (C=O) groups excluding carboxylic acids is 2. The third kappa shape index (κ3) is 5.05. The second-order valence-corrected chi connectivity index (χ2v) is 5.61. The third-order valence-corrected chi connectivity index (χ3v) is 3.89. The van der Waals surface area contributed by atoms with Crippen molar-refractivity contribution in [2.24, 2.45) is 0 Å². The molecule has 2 aromatic rings. The van der Waals surface area contributed by atoms with Gasteiger partial charge in [-0.05, 0) is 55.8 Å². The van der Waals surface area contributed by atoms with Gasteiger partial charge >= 0.3 is 0 Å². The Hall–Kier alpha value is -3.39. The molecule has 2 aromatic carbocycles. The van der Waals surface area contributed by atoms with Gasteiger partial charge in [0.25, 0.3) is 5.91 Å². The fraction of sp³-hybridized carbons (Fsp3) is 0.190. The monoisotopic (exact) mass is 347 g/mol. The number of anilines is 1. The molecule has 0 saturated heterocycles. The maximum absolute atomic E-state index is 12.4. The first-order chi connectivity index (χ1) is 12.6. The van der Waals surface area contributed by atoms with Crippen LogP contribution in [-0.2, 0) is 4.79 Å². The molecule has 0 saturated carbocycles. The Morgan fingerprint density at radius 2 is 1.81 bits per heavy atom. The van der Waals surface area contributed by atoms with Crippen LogP contribution in [0.15, 0.2) is 54.6 Å². The van der Waals surface area contributed by atoms with E-state index in [1.807, 2.05) is 19.9 Å². The maximum atomic E-state index is 12.4. The van der Waals surface area contributed by atoms with Gasteiger partial charge in [0, 0.05) is 30.4 Å². The van der Waals surface area contributed by atoms with Crippen molar-refractivity contribution in [3.63, 3.8) is 0 Å². The second kappa shape index (κ2) is 9.19. The van der Waals surface area contributed by atoms with Gasteiger partial charge < -0.3 is 10.2 Å². The molecule has 0 unspecified atom stereocenters. The molecule has 0 aliphatic heterocycles. The minimum Gasteiger partial charge on any atom is -0.339 e. The molecule has 0 fully saturated rings. The zero-order valence-electron chi connectivity index (χ0n) is 14.9. The minimum absolute atomic E-state index is 0.0563. The van der Waals surface area contributed by atoms with Crippen molar-refractivity contribution in [2.75, 3.05) is 18.4 Å². The van der Waals surface area contributed by atoms with E-state index in [2.05, 4.69) is 5.32 Å². The van der Waals surface area contributed by atoms with E-state index >= 15 is 0 Å². The van der Waals surface area contributed by atoms with Crippen LogP contribution in [-0.4, -0.2) is 29.8 Å². The lowest BCUT2D eigenvalue weighted by Gasteiger charge is -2.18. The summed E-state index contributed by atoms with van der Waals surface area (Å²) in [4.78, 5) is 26.2. The van der Waals surface area contributed by atoms with E-state index < -0.39 is 0 Å². The fourth-order valence-electron chi connectivity index (χ4n) is 2.45. The first-order valence-corrected chi connectivity index (χ1v) is 8.46. The number of nitriles is 1. The van der Waals surface area contributed by atoms with Gasteiger partial charge in [-0.25, -0.2) is 0 Å². The standard InChI is InChI=1S/C21H21N3O2/c1-3-24(4-2)21(26)18-6-5-7-19(14-18)23-20(25)13-12-16-8-10-17(15-22)11-9-16/h5-14H,3-4H2,1-2H3,(H,23,25)/b13-12+. The van der Waals surface area contributed by atoms with E-state index in [9.17, 15) is 9.59 Å². The molecule has 132 valence electrons. The highest BCUT2D eigenvalue weighted by molar-refractivity contribution is 6.03. The zero-order chi connectivity index (χ0) is 18.9. The normalized spacial score (nSPS) is 10.3. The van der Waals surface area contributed by atoms with Crippen molar-refractivity contribution in [2.45, 2.75) is 13.8 Å². The molecule has 0 bridgehead atoms. The predicted octanol–water partition coefficient (Wildman–Crippen LogP) is 3.69. The molecule has 2 rings (SSSR count). The molecular formula is C21H21N3O2. The number of carbonyl (C=O) groups is 2. The third-order valence-electron chi connectivity index (χ3n) is 3.89. The number of hydrogen-bond acceptors (Lipinski definition) is 3. The van der Waals surface area contributed by atoms with E-state index in [1.165, 1.54) is 6.08 Å². The van der Waals surface area contributed by atoms with Crippen molar-refractivity contribution in [3.05, 3.63) is 71.3 Å². The van der Waals surface area contributed by atoms with E-state index in [0.717, 1.165) is 5.56 Å². The first kappa shape index (κ1) is 18.9. The van der Waals surface area contributed by atoms with Crippen LogP contribution >= 0.6 is 0 Å². The van der Waals surface area contributed by atoms with Gasteiger partial charge in [-0.3, -0.25) is 9.59 Å².